The predicted molar refractivity (Wildman–Crippen MR) is 46.4 cm³/mol. The Labute approximate surface area is 70.6 Å². The molecule has 0 amide bonds. The van der Waals surface area contributed by atoms with Crippen molar-refractivity contribution in [2.75, 3.05) is 0 Å². The zero-order valence-corrected chi connectivity index (χ0v) is 7.01. The lowest BCUT2D eigenvalue weighted by molar-refractivity contribution is 0.558. The van der Waals surface area contributed by atoms with Gasteiger partial charge in [0.2, 0.25) is 0 Å². The highest BCUT2D eigenvalue weighted by molar-refractivity contribution is 6.28. The summed E-state index contributed by atoms with van der Waals surface area (Å²) >= 11 is 5.54. The van der Waals surface area contributed by atoms with E-state index < -0.39 is 0 Å². The molecule has 0 fully saturated rings. The molecule has 0 aliphatic rings. The van der Waals surface area contributed by atoms with Gasteiger partial charge in [0.05, 0.1) is 0 Å². The first-order chi connectivity index (χ1) is 5.18. The number of nitrogens with two attached hydrogens (primary N) is 1. The van der Waals surface area contributed by atoms with Crippen molar-refractivity contribution in [2.24, 2.45) is 5.73 Å². The maximum atomic E-state index is 5.54. The number of hydrogen-bond acceptors (Lipinski definition) is 2. The molecule has 2 nitrogen and oxygen atoms in total. The molecule has 0 aromatic carbocycles. The third-order valence-electron chi connectivity index (χ3n) is 1.16. The van der Waals surface area contributed by atoms with Gasteiger partial charge in [0.15, 0.2) is 5.22 Å². The van der Waals surface area contributed by atoms with E-state index >= 15 is 0 Å². The van der Waals surface area contributed by atoms with Gasteiger partial charge >= 0.3 is 0 Å². The van der Waals surface area contributed by atoms with Gasteiger partial charge in [-0.2, -0.15) is 0 Å². The van der Waals surface area contributed by atoms with Gasteiger partial charge in [0.1, 0.15) is 5.76 Å². The fourth-order valence-corrected chi connectivity index (χ4v) is 0.817. The molecule has 60 valence electrons. The number of halogens is 1. The van der Waals surface area contributed by atoms with Crippen LogP contribution < -0.4 is 5.73 Å². The van der Waals surface area contributed by atoms with Crippen molar-refractivity contribution >= 4 is 17.7 Å². The van der Waals surface area contributed by atoms with Crippen molar-refractivity contribution in [2.45, 2.75) is 13.0 Å². The largest absolute Gasteiger partial charge is 0.445 e. The van der Waals surface area contributed by atoms with Crippen molar-refractivity contribution in [3.05, 3.63) is 29.2 Å². The molecule has 1 aromatic rings. The minimum atomic E-state index is 0.0406. The lowest BCUT2D eigenvalue weighted by Crippen LogP contribution is -2.09. The summed E-state index contributed by atoms with van der Waals surface area (Å²) in [6.07, 6.45) is 3.64. The molecule has 0 aliphatic carbocycles. The summed E-state index contributed by atoms with van der Waals surface area (Å²) in [4.78, 5) is 0. The van der Waals surface area contributed by atoms with Crippen molar-refractivity contribution in [1.82, 2.24) is 0 Å². The van der Waals surface area contributed by atoms with Gasteiger partial charge in [-0.1, -0.05) is 6.08 Å². The SMILES string of the molecule is CC(N)/C=C/c1ccc(Cl)o1. The first-order valence-corrected chi connectivity index (χ1v) is 3.75. The van der Waals surface area contributed by atoms with E-state index in [4.69, 9.17) is 21.8 Å². The molecule has 1 aromatic heterocycles. The zero-order chi connectivity index (χ0) is 8.27. The average molecular weight is 172 g/mol. The molecular formula is C8H10ClNO. The molecule has 0 radical (unpaired) electrons. The molecule has 0 bridgehead atoms. The van der Waals surface area contributed by atoms with Crippen molar-refractivity contribution in [3.63, 3.8) is 0 Å². The maximum absolute atomic E-state index is 5.54. The summed E-state index contributed by atoms with van der Waals surface area (Å²) in [5, 5.41) is 0.398. The van der Waals surface area contributed by atoms with Crippen LogP contribution in [0.3, 0.4) is 0 Å². The summed E-state index contributed by atoms with van der Waals surface area (Å²) in [5.41, 5.74) is 5.49. The van der Waals surface area contributed by atoms with Crippen LogP contribution in [0, 0.1) is 0 Å². The van der Waals surface area contributed by atoms with Gasteiger partial charge < -0.3 is 10.2 Å². The van der Waals surface area contributed by atoms with Crippen molar-refractivity contribution in [1.29, 1.82) is 0 Å². The van der Waals surface area contributed by atoms with Gasteiger partial charge in [0.25, 0.3) is 0 Å². The van der Waals surface area contributed by atoms with Gasteiger partial charge in [0, 0.05) is 6.04 Å². The lowest BCUT2D eigenvalue weighted by Gasteiger charge is -1.91. The maximum Gasteiger partial charge on any atom is 0.193 e. The molecule has 1 atom stereocenters. The molecule has 0 saturated heterocycles. The van der Waals surface area contributed by atoms with Gasteiger partial charge in [-0.3, -0.25) is 0 Å². The lowest BCUT2D eigenvalue weighted by atomic mass is 10.3. The van der Waals surface area contributed by atoms with Crippen molar-refractivity contribution < 1.29 is 4.42 Å². The molecule has 11 heavy (non-hydrogen) atoms. The summed E-state index contributed by atoms with van der Waals surface area (Å²) in [6, 6.07) is 3.53. The van der Waals surface area contributed by atoms with E-state index in [-0.39, 0.29) is 6.04 Å². The summed E-state index contributed by atoms with van der Waals surface area (Å²) in [5.74, 6) is 0.729. The van der Waals surface area contributed by atoms with E-state index in [2.05, 4.69) is 0 Å². The van der Waals surface area contributed by atoms with Crippen LogP contribution in [0.2, 0.25) is 5.22 Å². The van der Waals surface area contributed by atoms with Crippen LogP contribution in [0.4, 0.5) is 0 Å². The smallest absolute Gasteiger partial charge is 0.193 e. The zero-order valence-electron chi connectivity index (χ0n) is 6.25. The Morgan fingerprint density at radius 3 is 2.82 bits per heavy atom. The minimum Gasteiger partial charge on any atom is -0.445 e. The molecule has 0 aliphatic heterocycles. The standard InChI is InChI=1S/C8H10ClNO/c1-6(10)2-3-7-4-5-8(9)11-7/h2-6H,10H2,1H3/b3-2+. The predicted octanol–water partition coefficient (Wildman–Crippen LogP) is 2.29. The molecule has 2 N–H and O–H groups in total. The second-order valence-corrected chi connectivity index (χ2v) is 2.73. The Morgan fingerprint density at radius 2 is 2.36 bits per heavy atom. The average Bonchev–Trinajstić information content (AvgIpc) is 2.31. The topological polar surface area (TPSA) is 39.2 Å². The minimum absolute atomic E-state index is 0.0406. The Morgan fingerprint density at radius 1 is 1.64 bits per heavy atom. The number of hydrogen-bond donors (Lipinski definition) is 1. The Bertz CT molecular complexity index is 252. The molecular weight excluding hydrogens is 162 g/mol. The molecule has 0 saturated carbocycles. The van der Waals surface area contributed by atoms with Crippen LogP contribution in [-0.4, -0.2) is 6.04 Å². The highest BCUT2D eigenvalue weighted by Crippen LogP contribution is 2.14. The van der Waals surface area contributed by atoms with Crippen LogP contribution in [-0.2, 0) is 0 Å². The van der Waals surface area contributed by atoms with Crippen LogP contribution in [0.15, 0.2) is 22.6 Å². The summed E-state index contributed by atoms with van der Waals surface area (Å²) in [7, 11) is 0. The van der Waals surface area contributed by atoms with E-state index in [0.29, 0.717) is 5.22 Å². The fourth-order valence-electron chi connectivity index (χ4n) is 0.664. The Balaban J connectivity index is 2.64. The van der Waals surface area contributed by atoms with Crippen LogP contribution in [0.25, 0.3) is 6.08 Å². The van der Waals surface area contributed by atoms with Gasteiger partial charge in [-0.05, 0) is 36.7 Å². The first kappa shape index (κ1) is 8.37. The third kappa shape index (κ3) is 2.78. The van der Waals surface area contributed by atoms with Gasteiger partial charge in [-0.15, -0.1) is 0 Å². The third-order valence-corrected chi connectivity index (χ3v) is 1.36. The van der Waals surface area contributed by atoms with E-state index in [1.807, 2.05) is 13.0 Å². The molecule has 0 spiro atoms. The van der Waals surface area contributed by atoms with E-state index in [1.165, 1.54) is 0 Å². The number of furan rings is 1. The number of rotatable bonds is 2. The van der Waals surface area contributed by atoms with Crippen LogP contribution in [0.5, 0.6) is 0 Å². The Kier molecular flexibility index (Phi) is 2.74. The van der Waals surface area contributed by atoms with Gasteiger partial charge in [-0.25, -0.2) is 0 Å². The Hall–Kier alpha value is -0.730. The second kappa shape index (κ2) is 3.60. The van der Waals surface area contributed by atoms with E-state index in [9.17, 15) is 0 Å². The second-order valence-electron chi connectivity index (χ2n) is 2.36. The first-order valence-electron chi connectivity index (χ1n) is 3.37. The van der Waals surface area contributed by atoms with E-state index in [0.717, 1.165) is 5.76 Å². The highest BCUT2D eigenvalue weighted by Gasteiger charge is 1.93. The molecule has 1 unspecified atom stereocenters. The van der Waals surface area contributed by atoms with Crippen LogP contribution in [0.1, 0.15) is 12.7 Å². The molecule has 3 heteroatoms. The highest BCUT2D eigenvalue weighted by atomic mass is 35.5. The molecule has 1 rings (SSSR count). The van der Waals surface area contributed by atoms with Crippen molar-refractivity contribution in [3.8, 4) is 0 Å². The molecule has 1 heterocycles. The fraction of sp³-hybridized carbons (Fsp3) is 0.250. The van der Waals surface area contributed by atoms with E-state index in [1.54, 1.807) is 18.2 Å². The summed E-state index contributed by atoms with van der Waals surface area (Å²) < 4.78 is 5.06. The monoisotopic (exact) mass is 171 g/mol. The summed E-state index contributed by atoms with van der Waals surface area (Å²) in [6.45, 7) is 1.89. The quantitative estimate of drug-likeness (QED) is 0.742. The normalized spacial score (nSPS) is 14.1. The van der Waals surface area contributed by atoms with Crippen LogP contribution >= 0.6 is 11.6 Å².